The fraction of sp³-hybridized carbons (Fsp3) is 0.333. The number of carbonyl (C=O) groups is 1. The number of nitriles is 1. The zero-order valence-electron chi connectivity index (χ0n) is 9.17. The first-order chi connectivity index (χ1) is 8.15. The molecule has 0 spiro atoms. The second-order valence-electron chi connectivity index (χ2n) is 3.50. The van der Waals surface area contributed by atoms with Crippen LogP contribution in [0.15, 0.2) is 18.2 Å². The summed E-state index contributed by atoms with van der Waals surface area (Å²) in [6.07, 6.45) is 1.83. The Morgan fingerprint density at radius 2 is 2.06 bits per heavy atom. The number of halogens is 2. The smallest absolute Gasteiger partial charge is 0.251 e. The van der Waals surface area contributed by atoms with Crippen molar-refractivity contribution in [1.29, 1.82) is 5.26 Å². The summed E-state index contributed by atoms with van der Waals surface area (Å²) < 4.78 is 25.5. The number of nitrogens with one attached hydrogen (secondary N) is 1. The molecule has 1 N–H and O–H groups in total. The number of amides is 1. The van der Waals surface area contributed by atoms with Crippen molar-refractivity contribution in [2.45, 2.75) is 19.3 Å². The van der Waals surface area contributed by atoms with Crippen LogP contribution in [0.1, 0.15) is 29.6 Å². The number of unbranched alkanes of at least 4 members (excludes halogenated alkanes) is 2. The number of benzene rings is 1. The molecule has 90 valence electrons. The highest BCUT2D eigenvalue weighted by atomic mass is 19.2. The SMILES string of the molecule is N#CCCCCNC(=O)c1ccc(F)c(F)c1. The van der Waals surface area contributed by atoms with Gasteiger partial charge >= 0.3 is 0 Å². The summed E-state index contributed by atoms with van der Waals surface area (Å²) in [7, 11) is 0. The van der Waals surface area contributed by atoms with E-state index in [-0.39, 0.29) is 5.56 Å². The van der Waals surface area contributed by atoms with Crippen molar-refractivity contribution in [1.82, 2.24) is 5.32 Å². The van der Waals surface area contributed by atoms with E-state index in [1.807, 2.05) is 6.07 Å². The van der Waals surface area contributed by atoms with E-state index in [0.717, 1.165) is 12.1 Å². The topological polar surface area (TPSA) is 52.9 Å². The average Bonchev–Trinajstić information content (AvgIpc) is 2.32. The largest absolute Gasteiger partial charge is 0.352 e. The summed E-state index contributed by atoms with van der Waals surface area (Å²) in [5.74, 6) is -2.46. The van der Waals surface area contributed by atoms with Gasteiger partial charge in [-0.2, -0.15) is 5.26 Å². The summed E-state index contributed by atoms with van der Waals surface area (Å²) in [4.78, 5) is 11.5. The van der Waals surface area contributed by atoms with E-state index >= 15 is 0 Å². The van der Waals surface area contributed by atoms with E-state index in [9.17, 15) is 13.6 Å². The van der Waals surface area contributed by atoms with Gasteiger partial charge in [0.15, 0.2) is 11.6 Å². The Morgan fingerprint density at radius 1 is 1.29 bits per heavy atom. The van der Waals surface area contributed by atoms with E-state index in [4.69, 9.17) is 5.26 Å². The van der Waals surface area contributed by atoms with Crippen molar-refractivity contribution in [3.8, 4) is 6.07 Å². The van der Waals surface area contributed by atoms with Gasteiger partial charge in [-0.1, -0.05) is 0 Å². The van der Waals surface area contributed by atoms with Gasteiger partial charge in [-0.25, -0.2) is 8.78 Å². The van der Waals surface area contributed by atoms with Gasteiger partial charge in [0, 0.05) is 18.5 Å². The minimum absolute atomic E-state index is 0.0872. The lowest BCUT2D eigenvalue weighted by atomic mass is 10.2. The van der Waals surface area contributed by atoms with Crippen LogP contribution in [-0.4, -0.2) is 12.5 Å². The molecule has 0 heterocycles. The maximum atomic E-state index is 12.8. The zero-order valence-corrected chi connectivity index (χ0v) is 9.17. The quantitative estimate of drug-likeness (QED) is 0.801. The summed E-state index contributed by atoms with van der Waals surface area (Å²) >= 11 is 0. The monoisotopic (exact) mass is 238 g/mol. The van der Waals surface area contributed by atoms with Gasteiger partial charge in [0.1, 0.15) is 0 Å². The van der Waals surface area contributed by atoms with Crippen LogP contribution >= 0.6 is 0 Å². The predicted molar refractivity (Wildman–Crippen MR) is 58.2 cm³/mol. The third kappa shape index (κ3) is 4.19. The zero-order chi connectivity index (χ0) is 12.7. The van der Waals surface area contributed by atoms with Crippen molar-refractivity contribution in [2.24, 2.45) is 0 Å². The van der Waals surface area contributed by atoms with Gasteiger partial charge in [0.2, 0.25) is 0 Å². The van der Waals surface area contributed by atoms with Gasteiger partial charge in [-0.05, 0) is 31.0 Å². The Labute approximate surface area is 98.1 Å². The van der Waals surface area contributed by atoms with E-state index in [1.165, 1.54) is 6.07 Å². The minimum Gasteiger partial charge on any atom is -0.352 e. The van der Waals surface area contributed by atoms with Crippen LogP contribution < -0.4 is 5.32 Å². The van der Waals surface area contributed by atoms with Crippen LogP contribution in [0.4, 0.5) is 8.78 Å². The van der Waals surface area contributed by atoms with Crippen molar-refractivity contribution < 1.29 is 13.6 Å². The molecule has 0 aliphatic heterocycles. The lowest BCUT2D eigenvalue weighted by Crippen LogP contribution is -2.24. The summed E-state index contributed by atoms with van der Waals surface area (Å²) in [6.45, 7) is 0.416. The number of rotatable bonds is 5. The van der Waals surface area contributed by atoms with Crippen molar-refractivity contribution in [2.75, 3.05) is 6.54 Å². The molecule has 1 aromatic rings. The van der Waals surface area contributed by atoms with Gasteiger partial charge in [0.05, 0.1) is 6.07 Å². The molecule has 0 atom stereocenters. The van der Waals surface area contributed by atoms with Crippen LogP contribution in [0.2, 0.25) is 0 Å². The Kier molecular flexibility index (Phi) is 5.08. The van der Waals surface area contributed by atoms with Gasteiger partial charge in [-0.3, -0.25) is 4.79 Å². The molecule has 1 amide bonds. The van der Waals surface area contributed by atoms with E-state index in [1.54, 1.807) is 0 Å². The third-order valence-corrected chi connectivity index (χ3v) is 2.18. The minimum atomic E-state index is -1.04. The molecular formula is C12H12F2N2O. The first kappa shape index (κ1) is 13.1. The molecule has 5 heteroatoms. The molecule has 0 aliphatic carbocycles. The maximum absolute atomic E-state index is 12.8. The highest BCUT2D eigenvalue weighted by Gasteiger charge is 2.08. The lowest BCUT2D eigenvalue weighted by Gasteiger charge is -2.04. The molecule has 0 aliphatic rings. The fourth-order valence-electron chi connectivity index (χ4n) is 1.27. The van der Waals surface area contributed by atoms with Gasteiger partial charge in [-0.15, -0.1) is 0 Å². The standard InChI is InChI=1S/C12H12F2N2O/c13-10-5-4-9(8-11(10)14)12(17)16-7-3-1-2-6-15/h4-5,8H,1-3,7H2,(H,16,17). The Hall–Kier alpha value is -1.96. The van der Waals surface area contributed by atoms with Crippen molar-refractivity contribution >= 4 is 5.91 Å². The summed E-state index contributed by atoms with van der Waals surface area (Å²) in [5.41, 5.74) is 0.0872. The van der Waals surface area contributed by atoms with Crippen LogP contribution in [0, 0.1) is 23.0 Å². The van der Waals surface area contributed by atoms with Crippen molar-refractivity contribution in [3.05, 3.63) is 35.4 Å². The second kappa shape index (κ2) is 6.59. The molecule has 1 aromatic carbocycles. The molecule has 0 radical (unpaired) electrons. The molecule has 0 bridgehead atoms. The number of hydrogen-bond acceptors (Lipinski definition) is 2. The Bertz CT molecular complexity index is 441. The first-order valence-corrected chi connectivity index (χ1v) is 5.25. The molecule has 0 saturated heterocycles. The molecule has 0 fully saturated rings. The highest BCUT2D eigenvalue weighted by molar-refractivity contribution is 5.94. The molecule has 1 rings (SSSR count). The van der Waals surface area contributed by atoms with Crippen LogP contribution in [0.3, 0.4) is 0 Å². The molecule has 0 unspecified atom stereocenters. The fourth-order valence-corrected chi connectivity index (χ4v) is 1.27. The van der Waals surface area contributed by atoms with E-state index in [2.05, 4.69) is 5.32 Å². The van der Waals surface area contributed by atoms with Gasteiger partial charge in [0.25, 0.3) is 5.91 Å². The van der Waals surface area contributed by atoms with Crippen molar-refractivity contribution in [3.63, 3.8) is 0 Å². The predicted octanol–water partition coefficient (Wildman–Crippen LogP) is 2.39. The molecule has 17 heavy (non-hydrogen) atoms. The molecular weight excluding hydrogens is 226 g/mol. The average molecular weight is 238 g/mol. The molecule has 0 aromatic heterocycles. The third-order valence-electron chi connectivity index (χ3n) is 2.18. The normalized spacial score (nSPS) is 9.71. The van der Waals surface area contributed by atoms with E-state index < -0.39 is 17.5 Å². The first-order valence-electron chi connectivity index (χ1n) is 5.25. The van der Waals surface area contributed by atoms with Crippen LogP contribution in [-0.2, 0) is 0 Å². The lowest BCUT2D eigenvalue weighted by molar-refractivity contribution is 0.0952. The summed E-state index contributed by atoms with van der Waals surface area (Å²) in [6, 6.07) is 5.00. The number of carbonyl (C=O) groups excluding carboxylic acids is 1. The van der Waals surface area contributed by atoms with E-state index in [0.29, 0.717) is 25.8 Å². The van der Waals surface area contributed by atoms with Gasteiger partial charge < -0.3 is 5.32 Å². The maximum Gasteiger partial charge on any atom is 0.251 e. The highest BCUT2D eigenvalue weighted by Crippen LogP contribution is 2.08. The van der Waals surface area contributed by atoms with Crippen LogP contribution in [0.25, 0.3) is 0 Å². The summed E-state index contributed by atoms with van der Waals surface area (Å²) in [5, 5.41) is 10.9. The Morgan fingerprint density at radius 3 is 2.71 bits per heavy atom. The van der Waals surface area contributed by atoms with Crippen LogP contribution in [0.5, 0.6) is 0 Å². The number of hydrogen-bond donors (Lipinski definition) is 1. The number of nitrogens with zero attached hydrogens (tertiary/aromatic N) is 1. The molecule has 3 nitrogen and oxygen atoms in total. The molecule has 0 saturated carbocycles. The Balaban J connectivity index is 2.42. The second-order valence-corrected chi connectivity index (χ2v) is 3.50.